The summed E-state index contributed by atoms with van der Waals surface area (Å²) in [6.45, 7) is 1.95. The van der Waals surface area contributed by atoms with E-state index in [4.69, 9.17) is 0 Å². The van der Waals surface area contributed by atoms with Crippen LogP contribution in [0.3, 0.4) is 0 Å². The number of hydrogen-bond donors (Lipinski definition) is 0. The van der Waals surface area contributed by atoms with Crippen molar-refractivity contribution in [3.8, 4) is 0 Å². The second kappa shape index (κ2) is 3.84. The van der Waals surface area contributed by atoms with Crippen LogP contribution >= 0.6 is 0 Å². The molecule has 3 nitrogen and oxygen atoms in total. The van der Waals surface area contributed by atoms with Crippen molar-refractivity contribution >= 4 is 6.21 Å². The third kappa shape index (κ3) is 1.91. The topological polar surface area (TPSA) is 38.1 Å². The maximum atomic E-state index is 12.8. The summed E-state index contributed by atoms with van der Waals surface area (Å²) in [4.78, 5) is 11.6. The molecule has 1 aliphatic rings. The number of hydrogen-bond acceptors (Lipinski definition) is 3. The van der Waals surface area contributed by atoms with Gasteiger partial charge < -0.3 is 0 Å². The molecule has 0 atom stereocenters. The Kier molecular flexibility index (Phi) is 2.65. The number of halogens is 3. The third-order valence-electron chi connectivity index (χ3n) is 2.39. The van der Waals surface area contributed by atoms with E-state index in [0.717, 1.165) is 0 Å². The predicted octanol–water partition coefficient (Wildman–Crippen LogP) is 2.18. The lowest BCUT2D eigenvalue weighted by atomic mass is 10.1. The highest BCUT2D eigenvalue weighted by atomic mass is 19.4. The molecule has 0 aromatic carbocycles. The van der Waals surface area contributed by atoms with Crippen molar-refractivity contribution in [1.29, 1.82) is 0 Å². The Labute approximate surface area is 90.4 Å². The fourth-order valence-electron chi connectivity index (χ4n) is 1.63. The van der Waals surface area contributed by atoms with Crippen LogP contribution in [0.2, 0.25) is 0 Å². The number of nitrogens with zero attached hydrogens (tertiary/aromatic N) is 3. The van der Waals surface area contributed by atoms with Gasteiger partial charge in [0.25, 0.3) is 0 Å². The van der Waals surface area contributed by atoms with E-state index in [-0.39, 0.29) is 24.4 Å². The lowest BCUT2D eigenvalue weighted by Crippen LogP contribution is -2.19. The van der Waals surface area contributed by atoms with Crippen LogP contribution in [0.1, 0.15) is 29.7 Å². The van der Waals surface area contributed by atoms with Crippen LogP contribution in [0.5, 0.6) is 0 Å². The Morgan fingerprint density at radius 1 is 1.31 bits per heavy atom. The molecule has 0 N–H and O–H groups in total. The molecule has 0 bridgehead atoms. The molecule has 1 aromatic rings. The lowest BCUT2D eigenvalue weighted by molar-refractivity contribution is -0.142. The molecule has 0 saturated carbocycles. The fourth-order valence-corrected chi connectivity index (χ4v) is 1.63. The van der Waals surface area contributed by atoms with Crippen LogP contribution in [-0.4, -0.2) is 16.2 Å². The smallest absolute Gasteiger partial charge is 0.291 e. The van der Waals surface area contributed by atoms with Gasteiger partial charge in [-0.1, -0.05) is 6.92 Å². The van der Waals surface area contributed by atoms with E-state index >= 15 is 0 Å². The molecule has 2 rings (SSSR count). The Morgan fingerprint density at radius 2 is 2.06 bits per heavy atom. The Bertz CT molecular complexity index is 438. The molecule has 16 heavy (non-hydrogen) atoms. The van der Waals surface area contributed by atoms with Gasteiger partial charge >= 0.3 is 6.18 Å². The third-order valence-corrected chi connectivity index (χ3v) is 2.39. The van der Waals surface area contributed by atoms with Gasteiger partial charge in [0, 0.05) is 24.6 Å². The van der Waals surface area contributed by atoms with Gasteiger partial charge in [0.15, 0.2) is 5.69 Å². The highest BCUT2D eigenvalue weighted by Gasteiger charge is 2.37. The minimum atomic E-state index is -4.41. The maximum Gasteiger partial charge on any atom is 0.433 e. The van der Waals surface area contributed by atoms with E-state index in [0.29, 0.717) is 12.1 Å². The first-order valence-corrected chi connectivity index (χ1v) is 4.96. The summed E-state index contributed by atoms with van der Waals surface area (Å²) in [5, 5.41) is 0. The number of aliphatic imine (C=N–C) groups is 1. The molecular formula is C10H10F3N3. The van der Waals surface area contributed by atoms with Crippen molar-refractivity contribution in [2.24, 2.45) is 4.99 Å². The SMILES string of the molecule is CCc1nc2c(c(C(F)(F)F)n1)CC=NC2. The fraction of sp³-hybridized carbons (Fsp3) is 0.500. The number of aryl methyl sites for hydroxylation is 1. The van der Waals surface area contributed by atoms with Crippen LogP contribution in [0.4, 0.5) is 13.2 Å². The van der Waals surface area contributed by atoms with Gasteiger partial charge in [0.05, 0.1) is 12.2 Å². The van der Waals surface area contributed by atoms with Crippen LogP contribution in [-0.2, 0) is 25.6 Å². The van der Waals surface area contributed by atoms with Gasteiger partial charge in [-0.25, -0.2) is 9.97 Å². The summed E-state index contributed by atoms with van der Waals surface area (Å²) >= 11 is 0. The van der Waals surface area contributed by atoms with E-state index in [2.05, 4.69) is 15.0 Å². The summed E-state index contributed by atoms with van der Waals surface area (Å²) in [6.07, 6.45) is -2.39. The average Bonchev–Trinajstić information content (AvgIpc) is 2.26. The van der Waals surface area contributed by atoms with E-state index in [9.17, 15) is 13.2 Å². The van der Waals surface area contributed by atoms with Crippen LogP contribution in [0.25, 0.3) is 0 Å². The Hall–Kier alpha value is -1.46. The molecule has 0 aliphatic carbocycles. The van der Waals surface area contributed by atoms with Gasteiger partial charge in [-0.05, 0) is 0 Å². The number of alkyl halides is 3. The van der Waals surface area contributed by atoms with Crippen molar-refractivity contribution in [1.82, 2.24) is 9.97 Å². The van der Waals surface area contributed by atoms with E-state index in [1.807, 2.05) is 0 Å². The lowest BCUT2D eigenvalue weighted by Gasteiger charge is -2.16. The van der Waals surface area contributed by atoms with Gasteiger partial charge in [-0.2, -0.15) is 13.2 Å². The van der Waals surface area contributed by atoms with Gasteiger partial charge in [-0.15, -0.1) is 0 Å². The van der Waals surface area contributed by atoms with Crippen molar-refractivity contribution in [2.45, 2.75) is 32.5 Å². The normalized spacial score (nSPS) is 15.0. The van der Waals surface area contributed by atoms with E-state index < -0.39 is 11.9 Å². The summed E-state index contributed by atoms with van der Waals surface area (Å²) in [7, 11) is 0. The van der Waals surface area contributed by atoms with Gasteiger partial charge in [0.1, 0.15) is 5.82 Å². The molecule has 0 saturated heterocycles. The first kappa shape index (κ1) is 11.0. The highest BCUT2D eigenvalue weighted by Crippen LogP contribution is 2.32. The molecular weight excluding hydrogens is 219 g/mol. The van der Waals surface area contributed by atoms with Crippen molar-refractivity contribution in [3.05, 3.63) is 22.8 Å². The van der Waals surface area contributed by atoms with Gasteiger partial charge in [0.2, 0.25) is 0 Å². The quantitative estimate of drug-likeness (QED) is 0.740. The molecule has 0 spiro atoms. The Balaban J connectivity index is 2.59. The number of rotatable bonds is 1. The number of fused-ring (bicyclic) bond motifs is 1. The zero-order valence-electron chi connectivity index (χ0n) is 8.67. The van der Waals surface area contributed by atoms with E-state index in [1.54, 1.807) is 6.92 Å². The summed E-state index contributed by atoms with van der Waals surface area (Å²) in [5.74, 6) is 0.225. The molecule has 0 amide bonds. The van der Waals surface area contributed by atoms with Crippen molar-refractivity contribution in [3.63, 3.8) is 0 Å². The second-order valence-corrected chi connectivity index (χ2v) is 3.49. The molecule has 2 heterocycles. The first-order chi connectivity index (χ1) is 7.52. The molecule has 0 fully saturated rings. The standard InChI is InChI=1S/C10H10F3N3/c1-2-8-15-7-5-14-4-3-6(7)9(16-8)10(11,12)13/h4H,2-3,5H2,1H3. The molecule has 1 aliphatic heterocycles. The summed E-state index contributed by atoms with van der Waals surface area (Å²) < 4.78 is 38.3. The first-order valence-electron chi connectivity index (χ1n) is 4.96. The molecule has 86 valence electrons. The van der Waals surface area contributed by atoms with Gasteiger partial charge in [-0.3, -0.25) is 4.99 Å². The second-order valence-electron chi connectivity index (χ2n) is 3.49. The molecule has 1 aromatic heterocycles. The Morgan fingerprint density at radius 3 is 2.69 bits per heavy atom. The van der Waals surface area contributed by atoms with Crippen molar-refractivity contribution < 1.29 is 13.2 Å². The molecule has 0 radical (unpaired) electrons. The number of aromatic nitrogens is 2. The zero-order chi connectivity index (χ0) is 11.8. The monoisotopic (exact) mass is 229 g/mol. The highest BCUT2D eigenvalue weighted by molar-refractivity contribution is 5.64. The summed E-state index contributed by atoms with van der Waals surface area (Å²) in [5.41, 5.74) is -0.234. The van der Waals surface area contributed by atoms with Crippen molar-refractivity contribution in [2.75, 3.05) is 0 Å². The predicted molar refractivity (Wildman–Crippen MR) is 52.3 cm³/mol. The van der Waals surface area contributed by atoms with Crippen LogP contribution in [0, 0.1) is 0 Å². The minimum absolute atomic E-state index is 0.161. The molecule has 0 unspecified atom stereocenters. The molecule has 6 heteroatoms. The minimum Gasteiger partial charge on any atom is -0.291 e. The van der Waals surface area contributed by atoms with Crippen LogP contribution < -0.4 is 0 Å². The zero-order valence-corrected chi connectivity index (χ0v) is 8.67. The van der Waals surface area contributed by atoms with E-state index in [1.165, 1.54) is 6.21 Å². The van der Waals surface area contributed by atoms with Crippen LogP contribution in [0.15, 0.2) is 4.99 Å². The largest absolute Gasteiger partial charge is 0.433 e. The average molecular weight is 229 g/mol. The maximum absolute atomic E-state index is 12.8. The summed E-state index contributed by atoms with van der Waals surface area (Å²) in [6, 6.07) is 0.